The standard InChI is InChI=1S/C14H14FNO/c1-9-7-11(10(2)17)8-14(16-9)12-5-3-4-6-13(12)15/h3-9,16H,1-2H3. The third kappa shape index (κ3) is 2.44. The molecular formula is C14H14FNO. The van der Waals surface area contributed by atoms with E-state index in [0.29, 0.717) is 16.8 Å². The molecule has 1 aromatic carbocycles. The summed E-state index contributed by atoms with van der Waals surface area (Å²) in [5, 5.41) is 3.15. The molecule has 2 nitrogen and oxygen atoms in total. The molecule has 0 fully saturated rings. The maximum absolute atomic E-state index is 13.6. The van der Waals surface area contributed by atoms with Crippen molar-refractivity contribution in [1.29, 1.82) is 0 Å². The molecule has 0 aliphatic carbocycles. The fourth-order valence-electron chi connectivity index (χ4n) is 1.86. The van der Waals surface area contributed by atoms with Crippen LogP contribution in [0, 0.1) is 5.82 Å². The van der Waals surface area contributed by atoms with Gasteiger partial charge in [0.05, 0.1) is 0 Å². The second-order valence-corrected chi connectivity index (χ2v) is 4.15. The highest BCUT2D eigenvalue weighted by Gasteiger charge is 2.16. The largest absolute Gasteiger partial charge is 0.379 e. The predicted molar refractivity (Wildman–Crippen MR) is 65.7 cm³/mol. The summed E-state index contributed by atoms with van der Waals surface area (Å²) < 4.78 is 13.6. The monoisotopic (exact) mass is 231 g/mol. The number of carbonyl (C=O) groups is 1. The molecule has 0 bridgehead atoms. The number of Topliss-reactive ketones (excluding diaryl/α,β-unsaturated/α-hetero) is 1. The minimum absolute atomic E-state index is 0.00723. The van der Waals surface area contributed by atoms with Crippen LogP contribution in [0.4, 0.5) is 4.39 Å². The van der Waals surface area contributed by atoms with Gasteiger partial charge in [0.2, 0.25) is 0 Å². The van der Waals surface area contributed by atoms with Crippen molar-refractivity contribution in [2.75, 3.05) is 0 Å². The Labute approximate surface area is 99.8 Å². The van der Waals surface area contributed by atoms with Crippen LogP contribution in [0.15, 0.2) is 42.0 Å². The Kier molecular flexibility index (Phi) is 3.09. The summed E-state index contributed by atoms with van der Waals surface area (Å²) >= 11 is 0. The van der Waals surface area contributed by atoms with Crippen molar-refractivity contribution < 1.29 is 9.18 Å². The van der Waals surface area contributed by atoms with E-state index in [1.807, 2.05) is 13.0 Å². The minimum Gasteiger partial charge on any atom is -0.379 e. The number of benzene rings is 1. The highest BCUT2D eigenvalue weighted by atomic mass is 19.1. The van der Waals surface area contributed by atoms with Crippen molar-refractivity contribution in [3.63, 3.8) is 0 Å². The third-order valence-corrected chi connectivity index (χ3v) is 2.68. The molecule has 0 saturated heterocycles. The molecule has 0 aromatic heterocycles. The molecule has 1 aliphatic rings. The first-order valence-electron chi connectivity index (χ1n) is 5.54. The molecule has 3 heteroatoms. The third-order valence-electron chi connectivity index (χ3n) is 2.68. The normalized spacial score (nSPS) is 19.1. The zero-order valence-corrected chi connectivity index (χ0v) is 9.83. The summed E-state index contributed by atoms with van der Waals surface area (Å²) in [6.45, 7) is 3.44. The van der Waals surface area contributed by atoms with Crippen LogP contribution in [0.2, 0.25) is 0 Å². The van der Waals surface area contributed by atoms with Gasteiger partial charge in [-0.3, -0.25) is 4.79 Å². The number of allylic oxidation sites excluding steroid dienone is 2. The van der Waals surface area contributed by atoms with Crippen molar-refractivity contribution >= 4 is 11.5 Å². The number of dihydropyridines is 1. The fourth-order valence-corrected chi connectivity index (χ4v) is 1.86. The van der Waals surface area contributed by atoms with Gasteiger partial charge in [0.1, 0.15) is 5.82 Å². The van der Waals surface area contributed by atoms with Gasteiger partial charge in [-0.15, -0.1) is 0 Å². The Morgan fingerprint density at radius 1 is 1.35 bits per heavy atom. The lowest BCUT2D eigenvalue weighted by Gasteiger charge is -2.21. The van der Waals surface area contributed by atoms with Gasteiger partial charge >= 0.3 is 0 Å². The molecular weight excluding hydrogens is 217 g/mol. The average molecular weight is 231 g/mol. The maximum Gasteiger partial charge on any atom is 0.159 e. The van der Waals surface area contributed by atoms with Crippen molar-refractivity contribution in [1.82, 2.24) is 5.32 Å². The highest BCUT2D eigenvalue weighted by molar-refractivity contribution is 5.98. The van der Waals surface area contributed by atoms with Crippen LogP contribution in [0.5, 0.6) is 0 Å². The van der Waals surface area contributed by atoms with Crippen LogP contribution >= 0.6 is 0 Å². The zero-order valence-electron chi connectivity index (χ0n) is 9.83. The number of rotatable bonds is 2. The van der Waals surface area contributed by atoms with Gasteiger partial charge < -0.3 is 5.32 Å². The van der Waals surface area contributed by atoms with Gasteiger partial charge in [-0.05, 0) is 32.1 Å². The predicted octanol–water partition coefficient (Wildman–Crippen LogP) is 2.67. The van der Waals surface area contributed by atoms with E-state index in [1.165, 1.54) is 13.0 Å². The number of nitrogens with one attached hydrogen (secondary N) is 1. The molecule has 0 saturated carbocycles. The molecule has 1 aliphatic heterocycles. The van der Waals surface area contributed by atoms with Crippen molar-refractivity contribution in [3.05, 3.63) is 53.4 Å². The Morgan fingerprint density at radius 3 is 2.71 bits per heavy atom. The number of carbonyl (C=O) groups excluding carboxylic acids is 1. The van der Waals surface area contributed by atoms with Crippen molar-refractivity contribution in [2.45, 2.75) is 19.9 Å². The average Bonchev–Trinajstić information content (AvgIpc) is 2.28. The Bertz CT molecular complexity index is 517. The lowest BCUT2D eigenvalue weighted by Crippen LogP contribution is -2.27. The number of ketones is 1. The van der Waals surface area contributed by atoms with E-state index in [0.717, 1.165) is 0 Å². The van der Waals surface area contributed by atoms with E-state index in [4.69, 9.17) is 0 Å². The molecule has 88 valence electrons. The van der Waals surface area contributed by atoms with Gasteiger partial charge in [-0.25, -0.2) is 4.39 Å². The van der Waals surface area contributed by atoms with Crippen LogP contribution in [0.3, 0.4) is 0 Å². The molecule has 2 rings (SSSR count). The van der Waals surface area contributed by atoms with Crippen LogP contribution < -0.4 is 5.32 Å². The topological polar surface area (TPSA) is 29.1 Å². The van der Waals surface area contributed by atoms with Crippen molar-refractivity contribution in [3.8, 4) is 0 Å². The summed E-state index contributed by atoms with van der Waals surface area (Å²) in [4.78, 5) is 11.4. The molecule has 0 radical (unpaired) electrons. The first kappa shape index (κ1) is 11.6. The smallest absolute Gasteiger partial charge is 0.159 e. The molecule has 0 spiro atoms. The highest BCUT2D eigenvalue weighted by Crippen LogP contribution is 2.22. The lowest BCUT2D eigenvalue weighted by atomic mass is 10.00. The first-order chi connectivity index (χ1) is 8.08. The lowest BCUT2D eigenvalue weighted by molar-refractivity contribution is -0.113. The van der Waals surface area contributed by atoms with Gasteiger partial charge in [0.25, 0.3) is 0 Å². The summed E-state index contributed by atoms with van der Waals surface area (Å²) in [5.74, 6) is -0.296. The molecule has 1 atom stereocenters. The number of hydrogen-bond acceptors (Lipinski definition) is 2. The first-order valence-corrected chi connectivity index (χ1v) is 5.54. The summed E-state index contributed by atoms with van der Waals surface area (Å²) in [6.07, 6.45) is 3.54. The van der Waals surface area contributed by atoms with Crippen LogP contribution in [-0.2, 0) is 4.79 Å². The fraction of sp³-hybridized carbons (Fsp3) is 0.214. The molecule has 1 N–H and O–H groups in total. The summed E-state index contributed by atoms with van der Waals surface area (Å²) in [6, 6.07) is 6.55. The van der Waals surface area contributed by atoms with Crippen molar-refractivity contribution in [2.24, 2.45) is 0 Å². The van der Waals surface area contributed by atoms with Crippen LogP contribution in [0.25, 0.3) is 5.70 Å². The quantitative estimate of drug-likeness (QED) is 0.847. The molecule has 1 unspecified atom stereocenters. The van der Waals surface area contributed by atoms with E-state index in [2.05, 4.69) is 5.32 Å². The molecule has 0 amide bonds. The molecule has 17 heavy (non-hydrogen) atoms. The Balaban J connectivity index is 2.43. The van der Waals surface area contributed by atoms with E-state index in [1.54, 1.807) is 24.3 Å². The maximum atomic E-state index is 13.6. The molecule has 1 aromatic rings. The number of halogens is 1. The van der Waals surface area contributed by atoms with E-state index in [-0.39, 0.29) is 17.6 Å². The number of hydrogen-bond donors (Lipinski definition) is 1. The van der Waals surface area contributed by atoms with Gasteiger partial charge in [-0.2, -0.15) is 0 Å². The van der Waals surface area contributed by atoms with Gasteiger partial charge in [0, 0.05) is 22.9 Å². The van der Waals surface area contributed by atoms with E-state index in [9.17, 15) is 9.18 Å². The van der Waals surface area contributed by atoms with Crippen LogP contribution in [0.1, 0.15) is 19.4 Å². The second kappa shape index (κ2) is 4.53. The van der Waals surface area contributed by atoms with Gasteiger partial charge in [-0.1, -0.05) is 18.2 Å². The second-order valence-electron chi connectivity index (χ2n) is 4.15. The van der Waals surface area contributed by atoms with Gasteiger partial charge in [0.15, 0.2) is 5.78 Å². The summed E-state index contributed by atoms with van der Waals surface area (Å²) in [7, 11) is 0. The Hall–Kier alpha value is -1.90. The Morgan fingerprint density at radius 2 is 2.06 bits per heavy atom. The minimum atomic E-state index is -0.289. The van der Waals surface area contributed by atoms with E-state index >= 15 is 0 Å². The van der Waals surface area contributed by atoms with E-state index < -0.39 is 0 Å². The molecule has 1 heterocycles. The summed E-state index contributed by atoms with van der Waals surface area (Å²) in [5.41, 5.74) is 1.77. The zero-order chi connectivity index (χ0) is 12.4. The SMILES string of the molecule is CC(=O)C1=CC(C)NC(c2ccccc2F)=C1. The van der Waals surface area contributed by atoms with Crippen LogP contribution in [-0.4, -0.2) is 11.8 Å².